The molecule has 1 aromatic carbocycles. The molecule has 0 saturated carbocycles. The Balaban J connectivity index is 1.62. The molecule has 2 aromatic rings. The molecular weight excluding hydrogens is 290 g/mol. The standard InChI is InChI=1S/C18H23N3O2/c1-14(2)15-6-8-17(9-7-15)23-12-11-20-18(22)21-13-16-5-3-4-10-19-16/h3-10,14H,11-13H2,1-2H3,(H2,20,21,22). The molecule has 0 fully saturated rings. The maximum Gasteiger partial charge on any atom is 0.315 e. The lowest BCUT2D eigenvalue weighted by molar-refractivity contribution is 0.236. The first-order valence-corrected chi connectivity index (χ1v) is 7.79. The zero-order valence-electron chi connectivity index (χ0n) is 13.6. The number of aromatic nitrogens is 1. The molecule has 1 aromatic heterocycles. The number of amides is 2. The molecule has 0 atom stereocenters. The second-order valence-electron chi connectivity index (χ2n) is 5.50. The van der Waals surface area contributed by atoms with Crippen molar-refractivity contribution in [3.8, 4) is 5.75 Å². The van der Waals surface area contributed by atoms with Crippen molar-refractivity contribution in [2.45, 2.75) is 26.3 Å². The minimum Gasteiger partial charge on any atom is -0.492 e. The fourth-order valence-electron chi connectivity index (χ4n) is 2.02. The smallest absolute Gasteiger partial charge is 0.315 e. The predicted molar refractivity (Wildman–Crippen MR) is 90.5 cm³/mol. The maximum absolute atomic E-state index is 11.6. The molecule has 23 heavy (non-hydrogen) atoms. The Morgan fingerprint density at radius 2 is 1.91 bits per heavy atom. The number of urea groups is 1. The third-order valence-electron chi connectivity index (χ3n) is 3.36. The molecule has 0 spiro atoms. The average Bonchev–Trinajstić information content (AvgIpc) is 2.58. The Labute approximate surface area is 137 Å². The highest BCUT2D eigenvalue weighted by molar-refractivity contribution is 5.73. The summed E-state index contributed by atoms with van der Waals surface area (Å²) in [5, 5.41) is 5.50. The van der Waals surface area contributed by atoms with Crippen LogP contribution in [0.25, 0.3) is 0 Å². The Kier molecular flexibility index (Phi) is 6.41. The number of carbonyl (C=O) groups excluding carboxylic acids is 1. The number of nitrogens with zero attached hydrogens (tertiary/aromatic N) is 1. The van der Waals surface area contributed by atoms with E-state index in [2.05, 4.69) is 41.6 Å². The van der Waals surface area contributed by atoms with Gasteiger partial charge in [-0.2, -0.15) is 0 Å². The fourth-order valence-corrected chi connectivity index (χ4v) is 2.02. The van der Waals surface area contributed by atoms with Gasteiger partial charge in [0, 0.05) is 6.20 Å². The van der Waals surface area contributed by atoms with Gasteiger partial charge in [-0.3, -0.25) is 4.98 Å². The second kappa shape index (κ2) is 8.78. The van der Waals surface area contributed by atoms with Gasteiger partial charge in [0.15, 0.2) is 0 Å². The van der Waals surface area contributed by atoms with E-state index in [1.54, 1.807) is 6.20 Å². The van der Waals surface area contributed by atoms with E-state index in [4.69, 9.17) is 4.74 Å². The first kappa shape index (κ1) is 16.8. The van der Waals surface area contributed by atoms with Crippen LogP contribution in [0.15, 0.2) is 48.7 Å². The van der Waals surface area contributed by atoms with Crippen LogP contribution in [0.3, 0.4) is 0 Å². The van der Waals surface area contributed by atoms with Crippen LogP contribution in [0.4, 0.5) is 4.79 Å². The summed E-state index contributed by atoms with van der Waals surface area (Å²) in [6, 6.07) is 13.4. The summed E-state index contributed by atoms with van der Waals surface area (Å²) in [6.07, 6.45) is 1.70. The normalized spacial score (nSPS) is 10.4. The van der Waals surface area contributed by atoms with Crippen LogP contribution in [-0.2, 0) is 6.54 Å². The number of benzene rings is 1. The van der Waals surface area contributed by atoms with E-state index in [0.717, 1.165) is 11.4 Å². The van der Waals surface area contributed by atoms with Gasteiger partial charge in [0.25, 0.3) is 0 Å². The van der Waals surface area contributed by atoms with E-state index in [1.165, 1.54) is 5.56 Å². The van der Waals surface area contributed by atoms with Gasteiger partial charge in [0.2, 0.25) is 0 Å². The van der Waals surface area contributed by atoms with Crippen molar-refractivity contribution in [3.63, 3.8) is 0 Å². The van der Waals surface area contributed by atoms with Gasteiger partial charge in [0.1, 0.15) is 12.4 Å². The van der Waals surface area contributed by atoms with E-state index in [1.807, 2.05) is 30.3 Å². The molecule has 0 bridgehead atoms. The largest absolute Gasteiger partial charge is 0.492 e. The van der Waals surface area contributed by atoms with Gasteiger partial charge in [-0.05, 0) is 35.7 Å². The number of hydrogen-bond donors (Lipinski definition) is 2. The summed E-state index contributed by atoms with van der Waals surface area (Å²) in [7, 11) is 0. The number of ether oxygens (including phenoxy) is 1. The molecule has 122 valence electrons. The molecule has 1 heterocycles. The maximum atomic E-state index is 11.6. The third kappa shape index (κ3) is 5.98. The van der Waals surface area contributed by atoms with Gasteiger partial charge in [-0.1, -0.05) is 32.0 Å². The number of nitrogens with one attached hydrogen (secondary N) is 2. The van der Waals surface area contributed by atoms with Gasteiger partial charge < -0.3 is 15.4 Å². The Morgan fingerprint density at radius 1 is 1.13 bits per heavy atom. The van der Waals surface area contributed by atoms with Gasteiger partial charge in [-0.15, -0.1) is 0 Å². The van der Waals surface area contributed by atoms with Crippen molar-refractivity contribution >= 4 is 6.03 Å². The molecule has 0 radical (unpaired) electrons. The van der Waals surface area contributed by atoms with E-state index in [-0.39, 0.29) is 6.03 Å². The molecular formula is C18H23N3O2. The van der Waals surface area contributed by atoms with E-state index < -0.39 is 0 Å². The summed E-state index contributed by atoms with van der Waals surface area (Å²) in [6.45, 7) is 5.59. The third-order valence-corrected chi connectivity index (χ3v) is 3.36. The van der Waals surface area contributed by atoms with Crippen molar-refractivity contribution in [3.05, 3.63) is 59.9 Å². The second-order valence-corrected chi connectivity index (χ2v) is 5.50. The van der Waals surface area contributed by atoms with Crippen LogP contribution in [0.2, 0.25) is 0 Å². The molecule has 0 unspecified atom stereocenters. The summed E-state index contributed by atoms with van der Waals surface area (Å²) < 4.78 is 5.60. The van der Waals surface area contributed by atoms with Gasteiger partial charge in [0.05, 0.1) is 18.8 Å². The highest BCUT2D eigenvalue weighted by atomic mass is 16.5. The summed E-state index contributed by atoms with van der Waals surface area (Å²) in [4.78, 5) is 15.8. The molecule has 0 aliphatic heterocycles. The van der Waals surface area contributed by atoms with Gasteiger partial charge >= 0.3 is 6.03 Å². The highest BCUT2D eigenvalue weighted by Crippen LogP contribution is 2.18. The average molecular weight is 313 g/mol. The molecule has 2 N–H and O–H groups in total. The van der Waals surface area contributed by atoms with E-state index in [9.17, 15) is 4.79 Å². The molecule has 2 amide bonds. The summed E-state index contributed by atoms with van der Waals surface area (Å²) >= 11 is 0. The lowest BCUT2D eigenvalue weighted by atomic mass is 10.0. The van der Waals surface area contributed by atoms with Crippen molar-refractivity contribution in [2.75, 3.05) is 13.2 Å². The van der Waals surface area contributed by atoms with Crippen molar-refractivity contribution in [1.29, 1.82) is 0 Å². The summed E-state index contributed by atoms with van der Waals surface area (Å²) in [5.41, 5.74) is 2.11. The van der Waals surface area contributed by atoms with Crippen molar-refractivity contribution in [2.24, 2.45) is 0 Å². The lowest BCUT2D eigenvalue weighted by Crippen LogP contribution is -2.37. The summed E-state index contributed by atoms with van der Waals surface area (Å²) in [5.74, 6) is 1.32. The lowest BCUT2D eigenvalue weighted by Gasteiger charge is -2.10. The highest BCUT2D eigenvalue weighted by Gasteiger charge is 2.02. The zero-order valence-corrected chi connectivity index (χ0v) is 13.6. The van der Waals surface area contributed by atoms with E-state index in [0.29, 0.717) is 25.6 Å². The Morgan fingerprint density at radius 3 is 2.57 bits per heavy atom. The minimum absolute atomic E-state index is 0.227. The fraction of sp³-hybridized carbons (Fsp3) is 0.333. The van der Waals surface area contributed by atoms with Crippen LogP contribution in [0.1, 0.15) is 31.0 Å². The SMILES string of the molecule is CC(C)c1ccc(OCCNC(=O)NCc2ccccn2)cc1. The predicted octanol–water partition coefficient (Wildman–Crippen LogP) is 3.08. The van der Waals surface area contributed by atoms with Crippen LogP contribution >= 0.6 is 0 Å². The molecule has 0 aliphatic rings. The number of pyridine rings is 1. The number of carbonyl (C=O) groups is 1. The van der Waals surface area contributed by atoms with Crippen molar-refractivity contribution < 1.29 is 9.53 Å². The molecule has 0 saturated heterocycles. The first-order chi connectivity index (χ1) is 11.1. The van der Waals surface area contributed by atoms with Crippen LogP contribution < -0.4 is 15.4 Å². The Hall–Kier alpha value is -2.56. The molecule has 2 rings (SSSR count). The van der Waals surface area contributed by atoms with Crippen LogP contribution in [0, 0.1) is 0 Å². The minimum atomic E-state index is -0.227. The number of hydrogen-bond acceptors (Lipinski definition) is 3. The molecule has 0 aliphatic carbocycles. The van der Waals surface area contributed by atoms with Gasteiger partial charge in [-0.25, -0.2) is 4.79 Å². The Bertz CT molecular complexity index is 597. The van der Waals surface area contributed by atoms with Crippen LogP contribution in [-0.4, -0.2) is 24.2 Å². The first-order valence-electron chi connectivity index (χ1n) is 7.79. The monoisotopic (exact) mass is 313 g/mol. The molecule has 5 heteroatoms. The van der Waals surface area contributed by atoms with Crippen molar-refractivity contribution in [1.82, 2.24) is 15.6 Å². The molecule has 5 nitrogen and oxygen atoms in total. The topological polar surface area (TPSA) is 63.2 Å². The quantitative estimate of drug-likeness (QED) is 0.772. The van der Waals surface area contributed by atoms with Crippen LogP contribution in [0.5, 0.6) is 5.75 Å². The number of rotatable bonds is 7. The van der Waals surface area contributed by atoms with E-state index >= 15 is 0 Å². The zero-order chi connectivity index (χ0) is 16.5.